The van der Waals surface area contributed by atoms with E-state index in [9.17, 15) is 14.7 Å². The van der Waals surface area contributed by atoms with Gasteiger partial charge in [-0.2, -0.15) is 0 Å². The van der Waals surface area contributed by atoms with E-state index in [-0.39, 0.29) is 22.8 Å². The van der Waals surface area contributed by atoms with Crippen molar-refractivity contribution in [1.29, 1.82) is 0 Å². The summed E-state index contributed by atoms with van der Waals surface area (Å²) >= 11 is 1.48. The standard InChI is InChI=1S/C15H20N2O3S/c1-11(21-14-5-3-13(19)4-6-14)15(20)17-9-7-16(8-10-17)12(2)18/h3-6,11,19H,7-10H2,1-2H3/t11-/m0/s1. The number of benzene rings is 1. The highest BCUT2D eigenvalue weighted by Crippen LogP contribution is 2.26. The Hall–Kier alpha value is -1.69. The molecule has 0 aromatic heterocycles. The number of phenols is 1. The second-order valence-electron chi connectivity index (χ2n) is 5.09. The van der Waals surface area contributed by atoms with Crippen molar-refractivity contribution in [3.8, 4) is 5.75 Å². The van der Waals surface area contributed by atoms with Crippen LogP contribution in [0.1, 0.15) is 13.8 Å². The van der Waals surface area contributed by atoms with Gasteiger partial charge in [0.05, 0.1) is 5.25 Å². The van der Waals surface area contributed by atoms with Crippen molar-refractivity contribution < 1.29 is 14.7 Å². The maximum absolute atomic E-state index is 12.4. The van der Waals surface area contributed by atoms with Crippen LogP contribution in [-0.4, -0.2) is 58.1 Å². The second-order valence-corrected chi connectivity index (χ2v) is 6.50. The van der Waals surface area contributed by atoms with Crippen LogP contribution in [0.2, 0.25) is 0 Å². The molecule has 1 aliphatic rings. The number of carbonyl (C=O) groups is 2. The van der Waals surface area contributed by atoms with Crippen LogP contribution in [0.25, 0.3) is 0 Å². The summed E-state index contributed by atoms with van der Waals surface area (Å²) in [5.74, 6) is 0.378. The Morgan fingerprint density at radius 2 is 1.62 bits per heavy atom. The van der Waals surface area contributed by atoms with Crippen molar-refractivity contribution in [1.82, 2.24) is 9.80 Å². The van der Waals surface area contributed by atoms with E-state index in [2.05, 4.69) is 0 Å². The number of hydrogen-bond acceptors (Lipinski definition) is 4. The first-order valence-corrected chi connectivity index (χ1v) is 7.85. The predicted molar refractivity (Wildman–Crippen MR) is 82.3 cm³/mol. The van der Waals surface area contributed by atoms with Gasteiger partial charge >= 0.3 is 0 Å². The Labute approximate surface area is 128 Å². The number of phenolic OH excluding ortho intramolecular Hbond substituents is 1. The van der Waals surface area contributed by atoms with E-state index >= 15 is 0 Å². The Kier molecular flexibility index (Phi) is 5.12. The number of thioether (sulfide) groups is 1. The number of amides is 2. The van der Waals surface area contributed by atoms with Gasteiger partial charge in [0.2, 0.25) is 11.8 Å². The van der Waals surface area contributed by atoms with Crippen molar-refractivity contribution in [3.05, 3.63) is 24.3 Å². The summed E-state index contributed by atoms with van der Waals surface area (Å²) in [6, 6.07) is 6.84. The average Bonchev–Trinajstić information content (AvgIpc) is 2.49. The Morgan fingerprint density at radius 1 is 1.10 bits per heavy atom. The van der Waals surface area contributed by atoms with Crippen molar-refractivity contribution >= 4 is 23.6 Å². The van der Waals surface area contributed by atoms with Gasteiger partial charge in [-0.25, -0.2) is 0 Å². The number of aromatic hydroxyl groups is 1. The monoisotopic (exact) mass is 308 g/mol. The van der Waals surface area contributed by atoms with Gasteiger partial charge < -0.3 is 14.9 Å². The number of nitrogens with zero attached hydrogens (tertiary/aromatic N) is 2. The molecule has 114 valence electrons. The zero-order chi connectivity index (χ0) is 15.4. The maximum Gasteiger partial charge on any atom is 0.235 e. The molecule has 1 heterocycles. The van der Waals surface area contributed by atoms with Gasteiger partial charge in [0, 0.05) is 38.0 Å². The van der Waals surface area contributed by atoms with E-state index in [4.69, 9.17) is 0 Å². The average molecular weight is 308 g/mol. The van der Waals surface area contributed by atoms with Gasteiger partial charge in [-0.1, -0.05) is 0 Å². The molecular weight excluding hydrogens is 288 g/mol. The summed E-state index contributed by atoms with van der Waals surface area (Å²) in [6.07, 6.45) is 0. The Bertz CT molecular complexity index is 510. The topological polar surface area (TPSA) is 60.9 Å². The van der Waals surface area contributed by atoms with E-state index < -0.39 is 0 Å². The maximum atomic E-state index is 12.4. The summed E-state index contributed by atoms with van der Waals surface area (Å²) < 4.78 is 0. The van der Waals surface area contributed by atoms with Crippen LogP contribution in [0.3, 0.4) is 0 Å². The minimum absolute atomic E-state index is 0.0635. The van der Waals surface area contributed by atoms with Crippen LogP contribution < -0.4 is 0 Å². The Morgan fingerprint density at radius 3 is 2.14 bits per heavy atom. The van der Waals surface area contributed by atoms with Gasteiger partial charge in [-0.3, -0.25) is 9.59 Å². The van der Waals surface area contributed by atoms with Crippen molar-refractivity contribution in [2.24, 2.45) is 0 Å². The van der Waals surface area contributed by atoms with E-state index in [0.717, 1.165) is 4.90 Å². The molecule has 1 aromatic rings. The quantitative estimate of drug-likeness (QED) is 0.861. The van der Waals surface area contributed by atoms with Crippen molar-refractivity contribution in [3.63, 3.8) is 0 Å². The van der Waals surface area contributed by atoms with E-state index in [1.807, 2.05) is 11.8 Å². The molecule has 1 fully saturated rings. The summed E-state index contributed by atoms with van der Waals surface area (Å²) in [5.41, 5.74) is 0. The molecule has 0 unspecified atom stereocenters. The fraction of sp³-hybridized carbons (Fsp3) is 0.467. The predicted octanol–water partition coefficient (Wildman–Crippen LogP) is 1.56. The smallest absolute Gasteiger partial charge is 0.235 e. The minimum atomic E-state index is -0.182. The lowest BCUT2D eigenvalue weighted by atomic mass is 10.3. The minimum Gasteiger partial charge on any atom is -0.508 e. The highest BCUT2D eigenvalue weighted by molar-refractivity contribution is 8.00. The molecule has 5 nitrogen and oxygen atoms in total. The van der Waals surface area contributed by atoms with Crippen LogP contribution >= 0.6 is 11.8 Å². The van der Waals surface area contributed by atoms with Crippen LogP contribution in [0.5, 0.6) is 5.75 Å². The summed E-state index contributed by atoms with van der Waals surface area (Å²) in [5, 5.41) is 9.07. The molecule has 6 heteroatoms. The highest BCUT2D eigenvalue weighted by atomic mass is 32.2. The van der Waals surface area contributed by atoms with Crippen LogP contribution in [0, 0.1) is 0 Å². The number of hydrogen-bond donors (Lipinski definition) is 1. The van der Waals surface area contributed by atoms with E-state index in [0.29, 0.717) is 26.2 Å². The second kappa shape index (κ2) is 6.85. The first-order valence-electron chi connectivity index (χ1n) is 6.97. The fourth-order valence-corrected chi connectivity index (χ4v) is 3.23. The molecular formula is C15H20N2O3S. The number of piperazine rings is 1. The molecule has 1 aliphatic heterocycles. The summed E-state index contributed by atoms with van der Waals surface area (Å²) in [4.78, 5) is 28.2. The highest BCUT2D eigenvalue weighted by Gasteiger charge is 2.26. The lowest BCUT2D eigenvalue weighted by Crippen LogP contribution is -2.51. The van der Waals surface area contributed by atoms with Gasteiger partial charge in [-0.05, 0) is 31.2 Å². The molecule has 1 atom stereocenters. The third-order valence-corrected chi connectivity index (χ3v) is 4.63. The summed E-state index contributed by atoms with van der Waals surface area (Å²) in [7, 11) is 0. The molecule has 21 heavy (non-hydrogen) atoms. The third-order valence-electron chi connectivity index (χ3n) is 3.53. The lowest BCUT2D eigenvalue weighted by Gasteiger charge is -2.35. The first-order chi connectivity index (χ1) is 9.97. The number of rotatable bonds is 3. The molecule has 0 saturated carbocycles. The lowest BCUT2D eigenvalue weighted by molar-refractivity contribution is -0.137. The Balaban J connectivity index is 1.88. The first kappa shape index (κ1) is 15.7. The zero-order valence-electron chi connectivity index (χ0n) is 12.3. The SMILES string of the molecule is CC(=O)N1CCN(C(=O)[C@H](C)Sc2ccc(O)cc2)CC1. The molecule has 2 rings (SSSR count). The number of carbonyl (C=O) groups excluding carboxylic acids is 2. The summed E-state index contributed by atoms with van der Waals surface area (Å²) in [6.45, 7) is 5.85. The van der Waals surface area contributed by atoms with Gasteiger partial charge in [0.25, 0.3) is 0 Å². The zero-order valence-corrected chi connectivity index (χ0v) is 13.1. The van der Waals surface area contributed by atoms with E-state index in [1.54, 1.807) is 36.1 Å². The molecule has 2 amide bonds. The molecule has 1 aromatic carbocycles. The van der Waals surface area contributed by atoms with Gasteiger partial charge in [0.15, 0.2) is 0 Å². The van der Waals surface area contributed by atoms with Crippen molar-refractivity contribution in [2.45, 2.75) is 24.0 Å². The molecule has 1 N–H and O–H groups in total. The van der Waals surface area contributed by atoms with Gasteiger partial charge in [-0.15, -0.1) is 11.8 Å². The molecule has 1 saturated heterocycles. The molecule has 0 bridgehead atoms. The van der Waals surface area contributed by atoms with Gasteiger partial charge in [0.1, 0.15) is 5.75 Å². The largest absolute Gasteiger partial charge is 0.508 e. The molecule has 0 aliphatic carbocycles. The molecule has 0 radical (unpaired) electrons. The molecule has 0 spiro atoms. The fourth-order valence-electron chi connectivity index (χ4n) is 2.28. The normalized spacial score (nSPS) is 16.7. The van der Waals surface area contributed by atoms with Crippen molar-refractivity contribution in [2.75, 3.05) is 26.2 Å². The van der Waals surface area contributed by atoms with Crippen LogP contribution in [0.4, 0.5) is 0 Å². The van der Waals surface area contributed by atoms with Crippen LogP contribution in [-0.2, 0) is 9.59 Å². The third kappa shape index (κ3) is 4.14. The van der Waals surface area contributed by atoms with E-state index in [1.165, 1.54) is 11.8 Å². The van der Waals surface area contributed by atoms with Crippen LogP contribution in [0.15, 0.2) is 29.2 Å².